The molecule has 0 aliphatic carbocycles. The van der Waals surface area contributed by atoms with Gasteiger partial charge in [-0.1, -0.05) is 90.4 Å². The molecule has 0 aromatic carbocycles. The van der Waals surface area contributed by atoms with E-state index >= 15 is 0 Å². The van der Waals surface area contributed by atoms with Crippen LogP contribution in [0.1, 0.15) is 117 Å². The van der Waals surface area contributed by atoms with Gasteiger partial charge in [0.25, 0.3) is 0 Å². The monoisotopic (exact) mass is 314 g/mol. The van der Waals surface area contributed by atoms with Crippen LogP contribution in [0.15, 0.2) is 0 Å². The number of hydrogen-bond donors (Lipinski definition) is 2. The molecule has 2 atom stereocenters. The fourth-order valence-electron chi connectivity index (χ4n) is 3.01. The fraction of sp³-hybridized carbons (Fsp3) is 1.00. The Balaban J connectivity index is 3.14. The predicted octanol–water partition coefficient (Wildman–Crippen LogP) is 5.99. The molecular weight excluding hydrogens is 272 g/mol. The Bertz CT molecular complexity index is 204. The van der Waals surface area contributed by atoms with Crippen molar-refractivity contribution in [2.24, 2.45) is 0 Å². The van der Waals surface area contributed by atoms with E-state index in [-0.39, 0.29) is 12.2 Å². The second kappa shape index (κ2) is 17.3. The first-order valence-corrected chi connectivity index (χ1v) is 10.0. The molecule has 0 fully saturated rings. The van der Waals surface area contributed by atoms with E-state index in [1.807, 2.05) is 6.92 Å². The van der Waals surface area contributed by atoms with Gasteiger partial charge in [0.05, 0.1) is 12.2 Å². The molecule has 0 heterocycles. The maximum Gasteiger partial charge on any atom is 0.0540 e. The van der Waals surface area contributed by atoms with E-state index in [1.165, 1.54) is 70.6 Å². The number of aliphatic hydroxyl groups excluding tert-OH is 2. The molecule has 134 valence electrons. The van der Waals surface area contributed by atoms with Crippen LogP contribution < -0.4 is 0 Å². The van der Waals surface area contributed by atoms with Crippen LogP contribution in [0.25, 0.3) is 0 Å². The van der Waals surface area contributed by atoms with Crippen molar-refractivity contribution in [2.45, 2.75) is 129 Å². The standard InChI is InChI=1S/C20H42O2/c1-3-4-5-6-7-8-9-10-14-17-20(22)18-15-12-11-13-16-19(2)21/h19-22H,3-18H2,1-2H3. The Morgan fingerprint density at radius 2 is 0.909 bits per heavy atom. The van der Waals surface area contributed by atoms with Crippen LogP contribution >= 0.6 is 0 Å². The minimum atomic E-state index is -0.155. The number of aliphatic hydroxyl groups is 2. The van der Waals surface area contributed by atoms with Crippen LogP contribution in [0.2, 0.25) is 0 Å². The summed E-state index contributed by atoms with van der Waals surface area (Å²) in [6.45, 7) is 4.12. The zero-order chi connectivity index (χ0) is 16.5. The summed E-state index contributed by atoms with van der Waals surface area (Å²) >= 11 is 0. The van der Waals surface area contributed by atoms with E-state index in [2.05, 4.69) is 6.92 Å². The van der Waals surface area contributed by atoms with Crippen LogP contribution in [0, 0.1) is 0 Å². The van der Waals surface area contributed by atoms with Gasteiger partial charge >= 0.3 is 0 Å². The summed E-state index contributed by atoms with van der Waals surface area (Å²) in [6.07, 6.45) is 19.4. The molecule has 0 rings (SSSR count). The van der Waals surface area contributed by atoms with E-state index < -0.39 is 0 Å². The minimum Gasteiger partial charge on any atom is -0.393 e. The van der Waals surface area contributed by atoms with Crippen molar-refractivity contribution in [2.75, 3.05) is 0 Å². The van der Waals surface area contributed by atoms with Crippen molar-refractivity contribution in [3.63, 3.8) is 0 Å². The lowest BCUT2D eigenvalue weighted by atomic mass is 10.0. The Morgan fingerprint density at radius 3 is 1.32 bits per heavy atom. The molecule has 2 heteroatoms. The summed E-state index contributed by atoms with van der Waals surface area (Å²) < 4.78 is 0. The molecular formula is C20H42O2. The summed E-state index contributed by atoms with van der Waals surface area (Å²) in [4.78, 5) is 0. The maximum atomic E-state index is 9.95. The van der Waals surface area contributed by atoms with E-state index in [0.717, 1.165) is 32.1 Å². The van der Waals surface area contributed by atoms with Gasteiger partial charge in [0.2, 0.25) is 0 Å². The highest BCUT2D eigenvalue weighted by atomic mass is 16.3. The highest BCUT2D eigenvalue weighted by Crippen LogP contribution is 2.14. The Labute approximate surface area is 139 Å². The molecule has 22 heavy (non-hydrogen) atoms. The Hall–Kier alpha value is -0.0800. The first kappa shape index (κ1) is 21.9. The van der Waals surface area contributed by atoms with Crippen molar-refractivity contribution in [1.82, 2.24) is 0 Å². The molecule has 0 aromatic rings. The molecule has 0 aromatic heterocycles. The minimum absolute atomic E-state index is 0.0821. The molecule has 2 N–H and O–H groups in total. The highest BCUT2D eigenvalue weighted by Gasteiger charge is 2.04. The SMILES string of the molecule is CCCCCCCCCCCC(O)CCCCCCC(C)O. The zero-order valence-electron chi connectivity index (χ0n) is 15.4. The van der Waals surface area contributed by atoms with E-state index in [9.17, 15) is 5.11 Å². The van der Waals surface area contributed by atoms with Gasteiger partial charge in [0.15, 0.2) is 0 Å². The maximum absolute atomic E-state index is 9.95. The fourth-order valence-corrected chi connectivity index (χ4v) is 3.01. The lowest BCUT2D eigenvalue weighted by molar-refractivity contribution is 0.146. The molecule has 0 aliphatic heterocycles. The molecule has 0 spiro atoms. The number of unbranched alkanes of at least 4 members (excludes halogenated alkanes) is 11. The van der Waals surface area contributed by atoms with Gasteiger partial charge in [-0.15, -0.1) is 0 Å². The van der Waals surface area contributed by atoms with Gasteiger partial charge in [-0.2, -0.15) is 0 Å². The van der Waals surface area contributed by atoms with Gasteiger partial charge < -0.3 is 10.2 Å². The highest BCUT2D eigenvalue weighted by molar-refractivity contribution is 4.58. The molecule has 2 unspecified atom stereocenters. The van der Waals surface area contributed by atoms with Crippen molar-refractivity contribution in [3.8, 4) is 0 Å². The second-order valence-corrected chi connectivity index (χ2v) is 7.11. The third kappa shape index (κ3) is 18.0. The average Bonchev–Trinajstić information content (AvgIpc) is 2.48. The predicted molar refractivity (Wildman–Crippen MR) is 97.2 cm³/mol. The lowest BCUT2D eigenvalue weighted by Gasteiger charge is -2.10. The Kier molecular flexibility index (Phi) is 17.2. The summed E-state index contributed by atoms with van der Waals surface area (Å²) in [5.41, 5.74) is 0. The normalized spacial score (nSPS) is 14.2. The van der Waals surface area contributed by atoms with E-state index in [1.54, 1.807) is 0 Å². The van der Waals surface area contributed by atoms with Crippen molar-refractivity contribution in [3.05, 3.63) is 0 Å². The first-order chi connectivity index (χ1) is 10.7. The summed E-state index contributed by atoms with van der Waals surface area (Å²) in [5.74, 6) is 0. The van der Waals surface area contributed by atoms with Crippen molar-refractivity contribution < 1.29 is 10.2 Å². The van der Waals surface area contributed by atoms with Crippen LogP contribution in [0.5, 0.6) is 0 Å². The Morgan fingerprint density at radius 1 is 0.545 bits per heavy atom. The smallest absolute Gasteiger partial charge is 0.0540 e. The molecule has 0 aliphatic rings. The average molecular weight is 315 g/mol. The quantitative estimate of drug-likeness (QED) is 0.324. The van der Waals surface area contributed by atoms with Crippen molar-refractivity contribution in [1.29, 1.82) is 0 Å². The topological polar surface area (TPSA) is 40.5 Å². The molecule has 0 saturated heterocycles. The molecule has 2 nitrogen and oxygen atoms in total. The van der Waals surface area contributed by atoms with Gasteiger partial charge in [-0.05, 0) is 26.2 Å². The van der Waals surface area contributed by atoms with Gasteiger partial charge in [0, 0.05) is 0 Å². The molecule has 0 saturated carbocycles. The van der Waals surface area contributed by atoms with Crippen LogP contribution in [-0.2, 0) is 0 Å². The van der Waals surface area contributed by atoms with Crippen LogP contribution in [0.4, 0.5) is 0 Å². The van der Waals surface area contributed by atoms with Gasteiger partial charge in [-0.3, -0.25) is 0 Å². The second-order valence-electron chi connectivity index (χ2n) is 7.11. The van der Waals surface area contributed by atoms with Gasteiger partial charge in [0.1, 0.15) is 0 Å². The third-order valence-corrected chi connectivity index (χ3v) is 4.55. The molecule has 0 radical (unpaired) electrons. The third-order valence-electron chi connectivity index (χ3n) is 4.55. The largest absolute Gasteiger partial charge is 0.393 e. The van der Waals surface area contributed by atoms with Crippen LogP contribution in [-0.4, -0.2) is 22.4 Å². The summed E-state index contributed by atoms with van der Waals surface area (Å²) in [6, 6.07) is 0. The number of hydrogen-bond acceptors (Lipinski definition) is 2. The van der Waals surface area contributed by atoms with E-state index in [4.69, 9.17) is 5.11 Å². The van der Waals surface area contributed by atoms with Crippen LogP contribution in [0.3, 0.4) is 0 Å². The summed E-state index contributed by atoms with van der Waals surface area (Å²) in [5, 5.41) is 19.1. The molecule has 0 amide bonds. The van der Waals surface area contributed by atoms with Crippen molar-refractivity contribution >= 4 is 0 Å². The first-order valence-electron chi connectivity index (χ1n) is 10.0. The van der Waals surface area contributed by atoms with E-state index in [0.29, 0.717) is 0 Å². The lowest BCUT2D eigenvalue weighted by Crippen LogP contribution is -2.06. The summed E-state index contributed by atoms with van der Waals surface area (Å²) in [7, 11) is 0. The number of rotatable bonds is 17. The molecule has 0 bridgehead atoms. The van der Waals surface area contributed by atoms with Gasteiger partial charge in [-0.25, -0.2) is 0 Å². The zero-order valence-corrected chi connectivity index (χ0v) is 15.4.